The lowest BCUT2D eigenvalue weighted by Crippen LogP contribution is -2.30. The molecule has 0 amide bonds. The van der Waals surface area contributed by atoms with E-state index >= 15 is 0 Å². The summed E-state index contributed by atoms with van der Waals surface area (Å²) < 4.78 is 0. The number of anilines is 1. The third-order valence-electron chi connectivity index (χ3n) is 3.52. The van der Waals surface area contributed by atoms with E-state index in [1.54, 1.807) is 6.07 Å². The van der Waals surface area contributed by atoms with Crippen molar-refractivity contribution in [3.63, 3.8) is 0 Å². The predicted molar refractivity (Wildman–Crippen MR) is 75.7 cm³/mol. The summed E-state index contributed by atoms with van der Waals surface area (Å²) in [5.74, 6) is 0.519. The molecule has 1 aliphatic rings. The Balaban J connectivity index is 2.08. The molecule has 2 N–H and O–H groups in total. The highest BCUT2D eigenvalue weighted by atomic mass is 35.5. The fraction of sp³-hybridized carbons (Fsp3) is 0.583. The number of halogens is 3. The summed E-state index contributed by atoms with van der Waals surface area (Å²) in [5, 5.41) is 13.7. The van der Waals surface area contributed by atoms with E-state index in [2.05, 4.69) is 10.3 Å². The number of hydrogen-bond donors (Lipinski definition) is 2. The lowest BCUT2D eigenvalue weighted by molar-refractivity contribution is 0.142. The molecule has 1 saturated carbocycles. The Hall–Kier alpha value is -0.220. The molecule has 1 heterocycles. The van der Waals surface area contributed by atoms with Crippen molar-refractivity contribution >= 4 is 40.6 Å². The maximum Gasteiger partial charge on any atom is 0.150 e. The largest absolute Gasteiger partial charge is 0.396 e. The second kappa shape index (κ2) is 5.83. The topological polar surface area (TPSA) is 45.1 Å². The van der Waals surface area contributed by atoms with Gasteiger partial charge in [-0.2, -0.15) is 0 Å². The van der Waals surface area contributed by atoms with Gasteiger partial charge in [0.1, 0.15) is 11.0 Å². The minimum absolute atomic E-state index is 0.0584. The minimum Gasteiger partial charge on any atom is -0.396 e. The monoisotopic (exact) mass is 308 g/mol. The first-order valence-corrected chi connectivity index (χ1v) is 7.06. The van der Waals surface area contributed by atoms with Gasteiger partial charge in [0.2, 0.25) is 0 Å². The normalized spacial score (nSPS) is 18.0. The van der Waals surface area contributed by atoms with E-state index in [1.807, 2.05) is 0 Å². The van der Waals surface area contributed by atoms with Gasteiger partial charge < -0.3 is 10.4 Å². The zero-order valence-corrected chi connectivity index (χ0v) is 12.1. The Morgan fingerprint density at radius 1 is 1.22 bits per heavy atom. The van der Waals surface area contributed by atoms with Gasteiger partial charge in [-0.15, -0.1) is 0 Å². The molecule has 0 bridgehead atoms. The van der Waals surface area contributed by atoms with Crippen molar-refractivity contribution in [2.75, 3.05) is 18.5 Å². The molecular formula is C12H15Cl3N2O. The Labute approximate surface area is 121 Å². The summed E-state index contributed by atoms with van der Waals surface area (Å²) in [6, 6.07) is 1.57. The molecule has 0 aromatic carbocycles. The van der Waals surface area contributed by atoms with Crippen LogP contribution >= 0.6 is 34.8 Å². The first-order chi connectivity index (χ1) is 8.56. The molecule has 0 unspecified atom stereocenters. The van der Waals surface area contributed by atoms with Gasteiger partial charge in [-0.1, -0.05) is 47.6 Å². The summed E-state index contributed by atoms with van der Waals surface area (Å²) >= 11 is 17.7. The molecule has 1 aromatic heterocycles. The highest BCUT2D eigenvalue weighted by molar-refractivity contribution is 6.42. The Morgan fingerprint density at radius 2 is 1.89 bits per heavy atom. The minimum atomic E-state index is -0.0584. The van der Waals surface area contributed by atoms with Gasteiger partial charge >= 0.3 is 0 Å². The summed E-state index contributed by atoms with van der Waals surface area (Å²) in [5.41, 5.74) is -0.0584. The van der Waals surface area contributed by atoms with Crippen LogP contribution in [0.2, 0.25) is 15.2 Å². The molecule has 18 heavy (non-hydrogen) atoms. The zero-order chi connectivity index (χ0) is 13.2. The maximum atomic E-state index is 9.52. The quantitative estimate of drug-likeness (QED) is 0.826. The molecule has 3 nitrogen and oxygen atoms in total. The van der Waals surface area contributed by atoms with Crippen molar-refractivity contribution in [1.29, 1.82) is 0 Å². The number of rotatable bonds is 4. The molecule has 0 atom stereocenters. The van der Waals surface area contributed by atoms with Crippen LogP contribution in [0.1, 0.15) is 25.7 Å². The van der Waals surface area contributed by atoms with Crippen LogP contribution in [-0.4, -0.2) is 23.2 Å². The van der Waals surface area contributed by atoms with Gasteiger partial charge in [-0.3, -0.25) is 0 Å². The number of aliphatic hydroxyl groups is 1. The summed E-state index contributed by atoms with van der Waals surface area (Å²) in [4.78, 5) is 4.11. The molecular weight excluding hydrogens is 295 g/mol. The smallest absolute Gasteiger partial charge is 0.150 e. The van der Waals surface area contributed by atoms with E-state index in [4.69, 9.17) is 34.8 Å². The van der Waals surface area contributed by atoms with Crippen molar-refractivity contribution < 1.29 is 5.11 Å². The van der Waals surface area contributed by atoms with Gasteiger partial charge in [0, 0.05) is 12.0 Å². The summed E-state index contributed by atoms with van der Waals surface area (Å²) in [6.07, 6.45) is 4.36. The lowest BCUT2D eigenvalue weighted by Gasteiger charge is -2.27. The predicted octanol–water partition coefficient (Wildman–Crippen LogP) is 4.01. The zero-order valence-electron chi connectivity index (χ0n) is 9.85. The molecule has 1 aromatic rings. The Morgan fingerprint density at radius 3 is 2.50 bits per heavy atom. The van der Waals surface area contributed by atoms with Crippen LogP contribution in [0.15, 0.2) is 6.07 Å². The van der Waals surface area contributed by atoms with Crippen LogP contribution < -0.4 is 5.32 Å². The highest BCUT2D eigenvalue weighted by Gasteiger charge is 2.33. The molecule has 1 aliphatic carbocycles. The number of nitrogens with one attached hydrogen (secondary N) is 1. The third kappa shape index (κ3) is 3.02. The maximum absolute atomic E-state index is 9.52. The van der Waals surface area contributed by atoms with Crippen LogP contribution in [0.3, 0.4) is 0 Å². The van der Waals surface area contributed by atoms with E-state index < -0.39 is 0 Å². The average molecular weight is 310 g/mol. The van der Waals surface area contributed by atoms with Crippen molar-refractivity contribution in [3.8, 4) is 0 Å². The highest BCUT2D eigenvalue weighted by Crippen LogP contribution is 2.38. The van der Waals surface area contributed by atoms with Gasteiger partial charge in [0.25, 0.3) is 0 Å². The number of nitrogens with zero attached hydrogens (tertiary/aromatic N) is 1. The molecule has 6 heteroatoms. The van der Waals surface area contributed by atoms with Gasteiger partial charge in [0.15, 0.2) is 0 Å². The van der Waals surface area contributed by atoms with Crippen LogP contribution in [0.25, 0.3) is 0 Å². The SMILES string of the molecule is OCC1(CNc2nc(Cl)c(Cl)cc2Cl)CCCC1. The first kappa shape index (κ1) is 14.2. The molecule has 2 rings (SSSR count). The van der Waals surface area contributed by atoms with Crippen molar-refractivity contribution in [2.45, 2.75) is 25.7 Å². The molecule has 0 aliphatic heterocycles. The first-order valence-electron chi connectivity index (χ1n) is 5.93. The summed E-state index contributed by atoms with van der Waals surface area (Å²) in [6.45, 7) is 0.827. The number of pyridine rings is 1. The van der Waals surface area contributed by atoms with Crippen LogP contribution in [0, 0.1) is 5.41 Å². The van der Waals surface area contributed by atoms with E-state index in [0.717, 1.165) is 25.7 Å². The van der Waals surface area contributed by atoms with Crippen LogP contribution in [0.5, 0.6) is 0 Å². The molecule has 0 saturated heterocycles. The van der Waals surface area contributed by atoms with E-state index in [-0.39, 0.29) is 17.2 Å². The Bertz CT molecular complexity index is 434. The molecule has 0 spiro atoms. The average Bonchev–Trinajstić information content (AvgIpc) is 2.82. The second-order valence-corrected chi connectivity index (χ2v) is 5.98. The second-order valence-electron chi connectivity index (χ2n) is 4.81. The lowest BCUT2D eigenvalue weighted by atomic mass is 9.87. The van der Waals surface area contributed by atoms with Gasteiger partial charge in [-0.25, -0.2) is 4.98 Å². The molecule has 100 valence electrons. The fourth-order valence-electron chi connectivity index (χ4n) is 2.36. The van der Waals surface area contributed by atoms with E-state index in [0.29, 0.717) is 22.4 Å². The number of aromatic nitrogens is 1. The molecule has 1 fully saturated rings. The summed E-state index contributed by atoms with van der Waals surface area (Å²) in [7, 11) is 0. The third-order valence-corrected chi connectivity index (χ3v) is 4.48. The molecule has 0 radical (unpaired) electrons. The fourth-order valence-corrected chi connectivity index (χ4v) is 2.92. The van der Waals surface area contributed by atoms with E-state index in [1.165, 1.54) is 0 Å². The van der Waals surface area contributed by atoms with E-state index in [9.17, 15) is 5.11 Å². The van der Waals surface area contributed by atoms with Crippen LogP contribution in [0.4, 0.5) is 5.82 Å². The number of aliphatic hydroxyl groups excluding tert-OH is 1. The Kier molecular flexibility index (Phi) is 4.59. The van der Waals surface area contributed by atoms with Crippen molar-refractivity contribution in [1.82, 2.24) is 4.98 Å². The van der Waals surface area contributed by atoms with Crippen molar-refractivity contribution in [3.05, 3.63) is 21.3 Å². The standard InChI is InChI=1S/C12H15Cl3N2O/c13-8-5-9(14)11(17-10(8)15)16-6-12(7-18)3-1-2-4-12/h5,18H,1-4,6-7H2,(H,16,17). The van der Waals surface area contributed by atoms with Gasteiger partial charge in [0.05, 0.1) is 16.7 Å². The number of hydrogen-bond acceptors (Lipinski definition) is 3. The van der Waals surface area contributed by atoms with Gasteiger partial charge in [-0.05, 0) is 18.9 Å². The van der Waals surface area contributed by atoms with Crippen molar-refractivity contribution in [2.24, 2.45) is 5.41 Å². The van der Waals surface area contributed by atoms with Crippen LogP contribution in [-0.2, 0) is 0 Å².